The third kappa shape index (κ3) is 3.78. The molecule has 112 valence electrons. The van der Waals surface area contributed by atoms with Crippen LogP contribution in [0.3, 0.4) is 0 Å². The molecule has 0 fully saturated rings. The monoisotopic (exact) mass is 304 g/mol. The van der Waals surface area contributed by atoms with E-state index in [2.05, 4.69) is 41.4 Å². The zero-order chi connectivity index (χ0) is 15.6. The second kappa shape index (κ2) is 5.81. The molecule has 0 aliphatic rings. The van der Waals surface area contributed by atoms with Crippen LogP contribution < -0.4 is 10.6 Å². The smallest absolute Gasteiger partial charge is 0.257 e. The minimum atomic E-state index is -0.172. The van der Waals surface area contributed by atoms with Gasteiger partial charge < -0.3 is 5.32 Å². The highest BCUT2D eigenvalue weighted by Gasteiger charge is 2.19. The van der Waals surface area contributed by atoms with Crippen LogP contribution in [0.1, 0.15) is 42.5 Å². The number of amides is 1. The highest BCUT2D eigenvalue weighted by molar-refractivity contribution is 7.13. The SMILES string of the molecule is CNc1cc(C(=O)Nc2nc(C)cs2)cc(C(C)(C)C)n1. The highest BCUT2D eigenvalue weighted by Crippen LogP contribution is 2.24. The van der Waals surface area contributed by atoms with Gasteiger partial charge in [0.25, 0.3) is 5.91 Å². The van der Waals surface area contributed by atoms with Crippen molar-refractivity contribution in [1.82, 2.24) is 9.97 Å². The van der Waals surface area contributed by atoms with Gasteiger partial charge in [-0.25, -0.2) is 9.97 Å². The number of hydrogen-bond acceptors (Lipinski definition) is 5. The van der Waals surface area contributed by atoms with Crippen LogP contribution in [-0.4, -0.2) is 22.9 Å². The second-order valence-electron chi connectivity index (χ2n) is 5.87. The molecule has 0 radical (unpaired) electrons. The Kier molecular flexibility index (Phi) is 4.27. The average Bonchev–Trinajstić information content (AvgIpc) is 2.82. The van der Waals surface area contributed by atoms with Crippen molar-refractivity contribution in [2.75, 3.05) is 17.7 Å². The van der Waals surface area contributed by atoms with Gasteiger partial charge in [-0.3, -0.25) is 10.1 Å². The fourth-order valence-corrected chi connectivity index (χ4v) is 2.44. The first kappa shape index (κ1) is 15.4. The summed E-state index contributed by atoms with van der Waals surface area (Å²) in [6.45, 7) is 8.11. The first-order valence-electron chi connectivity index (χ1n) is 6.73. The standard InChI is InChI=1S/C15H20N4OS/c1-9-8-21-14(17-9)19-13(20)10-6-11(15(2,3)4)18-12(7-10)16-5/h6-8H,1-5H3,(H,16,18)(H,17,19,20). The van der Waals surface area contributed by atoms with Crippen LogP contribution >= 0.6 is 11.3 Å². The Hall–Kier alpha value is -1.95. The van der Waals surface area contributed by atoms with E-state index in [0.717, 1.165) is 11.4 Å². The molecule has 0 saturated heterocycles. The van der Waals surface area contributed by atoms with Crippen molar-refractivity contribution >= 4 is 28.2 Å². The Balaban J connectivity index is 2.31. The van der Waals surface area contributed by atoms with Crippen LogP contribution in [0.5, 0.6) is 0 Å². The second-order valence-corrected chi connectivity index (χ2v) is 6.73. The summed E-state index contributed by atoms with van der Waals surface area (Å²) in [7, 11) is 1.79. The molecule has 2 N–H and O–H groups in total. The lowest BCUT2D eigenvalue weighted by molar-refractivity contribution is 0.102. The number of carbonyl (C=O) groups excluding carboxylic acids is 1. The lowest BCUT2D eigenvalue weighted by atomic mass is 9.90. The zero-order valence-corrected chi connectivity index (χ0v) is 13.8. The van der Waals surface area contributed by atoms with E-state index in [9.17, 15) is 4.79 Å². The molecule has 5 nitrogen and oxygen atoms in total. The number of thiazole rings is 1. The van der Waals surface area contributed by atoms with E-state index in [1.165, 1.54) is 11.3 Å². The number of nitrogens with one attached hydrogen (secondary N) is 2. The number of rotatable bonds is 3. The van der Waals surface area contributed by atoms with Gasteiger partial charge in [0.1, 0.15) is 5.82 Å². The average molecular weight is 304 g/mol. The number of aromatic nitrogens is 2. The van der Waals surface area contributed by atoms with Crippen LogP contribution in [0.15, 0.2) is 17.5 Å². The first-order chi connectivity index (χ1) is 9.79. The van der Waals surface area contributed by atoms with Gasteiger partial charge in [0.2, 0.25) is 0 Å². The van der Waals surface area contributed by atoms with Gasteiger partial charge in [0.15, 0.2) is 5.13 Å². The van der Waals surface area contributed by atoms with Crippen LogP contribution in [0.4, 0.5) is 10.9 Å². The van der Waals surface area contributed by atoms with Crippen LogP contribution in [0, 0.1) is 6.92 Å². The predicted octanol–water partition coefficient (Wildman–Crippen LogP) is 3.44. The number of hydrogen-bond donors (Lipinski definition) is 2. The van der Waals surface area contributed by atoms with Gasteiger partial charge in [-0.15, -0.1) is 11.3 Å². The summed E-state index contributed by atoms with van der Waals surface area (Å²) in [5.74, 6) is 0.511. The van der Waals surface area contributed by atoms with E-state index in [-0.39, 0.29) is 11.3 Å². The molecule has 2 heterocycles. The van der Waals surface area contributed by atoms with Gasteiger partial charge in [0, 0.05) is 29.1 Å². The largest absolute Gasteiger partial charge is 0.373 e. The predicted molar refractivity (Wildman–Crippen MR) is 87.3 cm³/mol. The van der Waals surface area contributed by atoms with E-state index in [1.54, 1.807) is 13.1 Å². The van der Waals surface area contributed by atoms with Gasteiger partial charge in [-0.1, -0.05) is 20.8 Å². The minimum absolute atomic E-state index is 0.125. The lowest BCUT2D eigenvalue weighted by Gasteiger charge is -2.19. The summed E-state index contributed by atoms with van der Waals surface area (Å²) < 4.78 is 0. The summed E-state index contributed by atoms with van der Waals surface area (Å²) in [5, 5.41) is 8.33. The summed E-state index contributed by atoms with van der Waals surface area (Å²) >= 11 is 1.42. The van der Waals surface area contributed by atoms with E-state index in [0.29, 0.717) is 16.5 Å². The number of aryl methyl sites for hydroxylation is 1. The Morgan fingerprint density at radius 1 is 1.24 bits per heavy atom. The molecule has 0 atom stereocenters. The third-order valence-electron chi connectivity index (χ3n) is 2.95. The zero-order valence-electron chi connectivity index (χ0n) is 12.9. The summed E-state index contributed by atoms with van der Waals surface area (Å²) in [4.78, 5) is 21.1. The van der Waals surface area contributed by atoms with Gasteiger partial charge in [0.05, 0.1) is 5.69 Å². The molecule has 0 unspecified atom stereocenters. The Bertz CT molecular complexity index is 658. The Morgan fingerprint density at radius 2 is 1.95 bits per heavy atom. The molecule has 1 amide bonds. The van der Waals surface area contributed by atoms with Crippen molar-refractivity contribution in [3.05, 3.63) is 34.5 Å². The minimum Gasteiger partial charge on any atom is -0.373 e. The number of pyridine rings is 1. The normalized spacial score (nSPS) is 11.3. The Labute approximate surface area is 128 Å². The topological polar surface area (TPSA) is 66.9 Å². The maximum absolute atomic E-state index is 12.4. The molecule has 2 aromatic heterocycles. The van der Waals surface area contributed by atoms with Crippen LogP contribution in [-0.2, 0) is 5.41 Å². The van der Waals surface area contributed by atoms with Crippen molar-refractivity contribution in [1.29, 1.82) is 0 Å². The first-order valence-corrected chi connectivity index (χ1v) is 7.61. The van der Waals surface area contributed by atoms with Crippen molar-refractivity contribution in [3.63, 3.8) is 0 Å². The van der Waals surface area contributed by atoms with E-state index >= 15 is 0 Å². The molecular formula is C15H20N4OS. The maximum atomic E-state index is 12.4. The van der Waals surface area contributed by atoms with Gasteiger partial charge in [-0.05, 0) is 19.1 Å². The summed E-state index contributed by atoms with van der Waals surface area (Å²) in [6.07, 6.45) is 0. The lowest BCUT2D eigenvalue weighted by Crippen LogP contribution is -2.18. The van der Waals surface area contributed by atoms with Crippen molar-refractivity contribution in [2.45, 2.75) is 33.1 Å². The molecule has 2 aromatic rings. The molecule has 6 heteroatoms. The van der Waals surface area contributed by atoms with Crippen LogP contribution in [0.25, 0.3) is 0 Å². The van der Waals surface area contributed by atoms with E-state index < -0.39 is 0 Å². The number of carbonyl (C=O) groups is 1. The number of anilines is 2. The van der Waals surface area contributed by atoms with Gasteiger partial charge >= 0.3 is 0 Å². The van der Waals surface area contributed by atoms with Crippen molar-refractivity contribution in [2.24, 2.45) is 0 Å². The fraction of sp³-hybridized carbons (Fsp3) is 0.400. The molecule has 0 aromatic carbocycles. The van der Waals surface area contributed by atoms with E-state index in [4.69, 9.17) is 0 Å². The molecule has 2 rings (SSSR count). The maximum Gasteiger partial charge on any atom is 0.257 e. The molecular weight excluding hydrogens is 284 g/mol. The molecule has 21 heavy (non-hydrogen) atoms. The highest BCUT2D eigenvalue weighted by atomic mass is 32.1. The third-order valence-corrected chi connectivity index (χ3v) is 3.83. The summed E-state index contributed by atoms with van der Waals surface area (Å²) in [5.41, 5.74) is 2.22. The number of nitrogens with zero attached hydrogens (tertiary/aromatic N) is 2. The summed E-state index contributed by atoms with van der Waals surface area (Å²) in [6, 6.07) is 3.57. The molecule has 0 aliphatic carbocycles. The quantitative estimate of drug-likeness (QED) is 0.911. The molecule has 0 saturated carbocycles. The van der Waals surface area contributed by atoms with Crippen molar-refractivity contribution in [3.8, 4) is 0 Å². The fourth-order valence-electron chi connectivity index (χ4n) is 1.75. The molecule has 0 bridgehead atoms. The van der Waals surface area contributed by atoms with Crippen LogP contribution in [0.2, 0.25) is 0 Å². The Morgan fingerprint density at radius 3 is 2.48 bits per heavy atom. The van der Waals surface area contributed by atoms with Gasteiger partial charge in [-0.2, -0.15) is 0 Å². The van der Waals surface area contributed by atoms with E-state index in [1.807, 2.05) is 18.4 Å². The van der Waals surface area contributed by atoms with Crippen molar-refractivity contribution < 1.29 is 4.79 Å². The molecule has 0 aliphatic heterocycles. The molecule has 0 spiro atoms.